The highest BCUT2D eigenvalue weighted by Gasteiger charge is 2.08. The molecule has 0 atom stereocenters. The van der Waals surface area contributed by atoms with E-state index in [1.54, 1.807) is 6.07 Å². The van der Waals surface area contributed by atoms with Crippen molar-refractivity contribution in [2.75, 3.05) is 0 Å². The van der Waals surface area contributed by atoms with Crippen LogP contribution in [0.2, 0.25) is 0 Å². The largest absolute Gasteiger partial charge is 0.508 e. The molecule has 0 heterocycles. The maximum absolute atomic E-state index is 10.7. The summed E-state index contributed by atoms with van der Waals surface area (Å²) < 4.78 is 0. The van der Waals surface area contributed by atoms with Crippen molar-refractivity contribution < 1.29 is 20.1 Å². The zero-order valence-electron chi connectivity index (χ0n) is 8.79. The zero-order chi connectivity index (χ0) is 12.4. The summed E-state index contributed by atoms with van der Waals surface area (Å²) >= 11 is 0. The summed E-state index contributed by atoms with van der Waals surface area (Å²) in [4.78, 5) is 10.7. The van der Waals surface area contributed by atoms with E-state index in [1.165, 1.54) is 30.3 Å². The first-order valence-electron chi connectivity index (χ1n) is 4.92. The molecule has 0 aliphatic heterocycles. The van der Waals surface area contributed by atoms with Crippen LogP contribution in [-0.2, 0) is 0 Å². The first-order chi connectivity index (χ1) is 8.11. The first-order valence-corrected chi connectivity index (χ1v) is 4.92. The van der Waals surface area contributed by atoms with Crippen molar-refractivity contribution in [3.05, 3.63) is 42.0 Å². The number of hydrogen-bond acceptors (Lipinski definition) is 4. The van der Waals surface area contributed by atoms with Gasteiger partial charge in [-0.15, -0.1) is 0 Å². The predicted octanol–water partition coefficient (Wildman–Crippen LogP) is 2.28. The minimum absolute atomic E-state index is 0.00895. The number of aromatic hydroxyl groups is 3. The molecule has 0 aromatic heterocycles. The van der Waals surface area contributed by atoms with Crippen molar-refractivity contribution in [2.24, 2.45) is 0 Å². The van der Waals surface area contributed by atoms with Crippen LogP contribution < -0.4 is 0 Å². The molecule has 0 saturated heterocycles. The number of carbonyl (C=O) groups excluding carboxylic acids is 1. The summed E-state index contributed by atoms with van der Waals surface area (Å²) in [6.07, 6.45) is 0.526. The Kier molecular flexibility index (Phi) is 2.70. The van der Waals surface area contributed by atoms with Gasteiger partial charge in [0.25, 0.3) is 0 Å². The van der Waals surface area contributed by atoms with Gasteiger partial charge in [0.2, 0.25) is 0 Å². The van der Waals surface area contributed by atoms with Crippen LogP contribution in [0.25, 0.3) is 11.1 Å². The van der Waals surface area contributed by atoms with Crippen molar-refractivity contribution in [3.8, 4) is 28.4 Å². The Hall–Kier alpha value is -2.49. The SMILES string of the molecule is O=Cc1cc(-c2cc(O)ccc2O)ccc1O. The molecule has 0 saturated carbocycles. The van der Waals surface area contributed by atoms with Crippen LogP contribution in [0.4, 0.5) is 0 Å². The van der Waals surface area contributed by atoms with E-state index in [2.05, 4.69) is 0 Å². The summed E-state index contributed by atoms with van der Waals surface area (Å²) in [5, 5.41) is 28.4. The smallest absolute Gasteiger partial charge is 0.153 e. The molecular weight excluding hydrogens is 220 g/mol. The van der Waals surface area contributed by atoms with E-state index in [1.807, 2.05) is 0 Å². The second-order valence-corrected chi connectivity index (χ2v) is 3.59. The van der Waals surface area contributed by atoms with E-state index >= 15 is 0 Å². The van der Waals surface area contributed by atoms with Crippen LogP contribution in [0.1, 0.15) is 10.4 Å². The lowest BCUT2D eigenvalue weighted by molar-refractivity contribution is 0.112. The van der Waals surface area contributed by atoms with E-state index in [9.17, 15) is 20.1 Å². The minimum Gasteiger partial charge on any atom is -0.508 e. The van der Waals surface area contributed by atoms with Crippen LogP contribution in [-0.4, -0.2) is 21.6 Å². The first kappa shape index (κ1) is 11.0. The Balaban J connectivity index is 2.60. The molecule has 0 unspecified atom stereocenters. The highest BCUT2D eigenvalue weighted by Crippen LogP contribution is 2.33. The molecule has 4 heteroatoms. The molecule has 0 aliphatic carbocycles. The molecule has 4 nitrogen and oxygen atoms in total. The van der Waals surface area contributed by atoms with Gasteiger partial charge in [-0.25, -0.2) is 0 Å². The number of carbonyl (C=O) groups is 1. The number of phenols is 3. The van der Waals surface area contributed by atoms with Crippen molar-refractivity contribution in [3.63, 3.8) is 0 Å². The van der Waals surface area contributed by atoms with Gasteiger partial charge < -0.3 is 15.3 Å². The summed E-state index contributed by atoms with van der Waals surface area (Å²) in [7, 11) is 0. The molecule has 0 aliphatic rings. The lowest BCUT2D eigenvalue weighted by Gasteiger charge is -2.07. The lowest BCUT2D eigenvalue weighted by Crippen LogP contribution is -1.85. The van der Waals surface area contributed by atoms with Gasteiger partial charge in [-0.05, 0) is 35.9 Å². The molecule has 2 aromatic rings. The standard InChI is InChI=1S/C13H10O4/c14-7-9-5-8(1-3-12(9)16)11-6-10(15)2-4-13(11)17/h1-7,15-17H. The predicted molar refractivity (Wildman–Crippen MR) is 62.3 cm³/mol. The molecule has 0 spiro atoms. The van der Waals surface area contributed by atoms with Crippen molar-refractivity contribution in [2.45, 2.75) is 0 Å². The molecule has 86 valence electrons. The van der Waals surface area contributed by atoms with Gasteiger partial charge >= 0.3 is 0 Å². The van der Waals surface area contributed by atoms with Gasteiger partial charge in [-0.1, -0.05) is 6.07 Å². The molecule has 0 amide bonds. The van der Waals surface area contributed by atoms with E-state index < -0.39 is 0 Å². The third-order valence-corrected chi connectivity index (χ3v) is 2.45. The monoisotopic (exact) mass is 230 g/mol. The van der Waals surface area contributed by atoms with Crippen molar-refractivity contribution in [1.82, 2.24) is 0 Å². The van der Waals surface area contributed by atoms with E-state index in [4.69, 9.17) is 0 Å². The number of aldehydes is 1. The molecule has 0 bridgehead atoms. The number of rotatable bonds is 2. The van der Waals surface area contributed by atoms with Gasteiger partial charge in [-0.3, -0.25) is 4.79 Å². The Morgan fingerprint density at radius 1 is 0.882 bits per heavy atom. The van der Waals surface area contributed by atoms with Crippen LogP contribution in [0.5, 0.6) is 17.2 Å². The van der Waals surface area contributed by atoms with E-state index in [0.29, 0.717) is 17.4 Å². The maximum atomic E-state index is 10.7. The minimum atomic E-state index is -0.122. The lowest BCUT2D eigenvalue weighted by atomic mass is 10.0. The Labute approximate surface area is 97.4 Å². The molecule has 0 fully saturated rings. The molecule has 2 aromatic carbocycles. The third kappa shape index (κ3) is 2.06. The normalized spacial score (nSPS) is 10.1. The fraction of sp³-hybridized carbons (Fsp3) is 0. The number of hydrogen-bond donors (Lipinski definition) is 3. The fourth-order valence-electron chi connectivity index (χ4n) is 1.57. The Morgan fingerprint density at radius 3 is 2.29 bits per heavy atom. The van der Waals surface area contributed by atoms with Crippen LogP contribution in [0.15, 0.2) is 36.4 Å². The fourth-order valence-corrected chi connectivity index (χ4v) is 1.57. The maximum Gasteiger partial charge on any atom is 0.153 e. The summed E-state index contributed by atoms with van der Waals surface area (Å²) in [5.41, 5.74) is 1.07. The zero-order valence-corrected chi connectivity index (χ0v) is 8.79. The quantitative estimate of drug-likeness (QED) is 0.546. The van der Waals surface area contributed by atoms with Crippen molar-refractivity contribution >= 4 is 6.29 Å². The topological polar surface area (TPSA) is 77.8 Å². The van der Waals surface area contributed by atoms with Gasteiger partial charge in [0.15, 0.2) is 6.29 Å². The van der Waals surface area contributed by atoms with Crippen LogP contribution >= 0.6 is 0 Å². The highest BCUT2D eigenvalue weighted by molar-refractivity contribution is 5.84. The van der Waals surface area contributed by atoms with Gasteiger partial charge in [-0.2, -0.15) is 0 Å². The van der Waals surface area contributed by atoms with Crippen molar-refractivity contribution in [1.29, 1.82) is 0 Å². The van der Waals surface area contributed by atoms with Gasteiger partial charge in [0.1, 0.15) is 17.2 Å². The Morgan fingerprint density at radius 2 is 1.59 bits per heavy atom. The average molecular weight is 230 g/mol. The molecule has 2 rings (SSSR count). The average Bonchev–Trinajstić information content (AvgIpc) is 2.33. The molecular formula is C13H10O4. The van der Waals surface area contributed by atoms with Crippen LogP contribution in [0, 0.1) is 0 Å². The Bertz CT molecular complexity index is 576. The van der Waals surface area contributed by atoms with E-state index in [-0.39, 0.29) is 22.8 Å². The number of phenolic OH excluding ortho intramolecular Hbond substituents is 3. The second-order valence-electron chi connectivity index (χ2n) is 3.59. The highest BCUT2D eigenvalue weighted by atomic mass is 16.3. The third-order valence-electron chi connectivity index (χ3n) is 2.45. The summed E-state index contributed by atoms with van der Waals surface area (Å²) in [5.74, 6) is -0.118. The van der Waals surface area contributed by atoms with Gasteiger partial charge in [0, 0.05) is 5.56 Å². The van der Waals surface area contributed by atoms with Crippen LogP contribution in [0.3, 0.4) is 0 Å². The second kappa shape index (κ2) is 4.17. The molecule has 17 heavy (non-hydrogen) atoms. The molecule has 0 radical (unpaired) electrons. The number of benzene rings is 2. The van der Waals surface area contributed by atoms with E-state index in [0.717, 1.165) is 0 Å². The molecule has 3 N–H and O–H groups in total. The summed E-state index contributed by atoms with van der Waals surface area (Å²) in [6.45, 7) is 0. The van der Waals surface area contributed by atoms with Gasteiger partial charge in [0.05, 0.1) is 5.56 Å². The summed E-state index contributed by atoms with van der Waals surface area (Å²) in [6, 6.07) is 8.46.